The van der Waals surface area contributed by atoms with Crippen molar-refractivity contribution in [3.63, 3.8) is 0 Å². The van der Waals surface area contributed by atoms with Crippen LogP contribution in [0.5, 0.6) is 0 Å². The lowest BCUT2D eigenvalue weighted by Gasteiger charge is -2.26. The lowest BCUT2D eigenvalue weighted by Crippen LogP contribution is -2.37. The number of carbonyl (C=O) groups is 1. The molecule has 0 bridgehead atoms. The summed E-state index contributed by atoms with van der Waals surface area (Å²) in [6, 6.07) is 13.8. The average molecular weight is 333 g/mol. The highest BCUT2D eigenvalue weighted by molar-refractivity contribution is 5.96. The Balaban J connectivity index is 0.00000264. The SMILES string of the molecule is Cc1cccc(C(C)(C)CNC(=O)c2cc(N)ccc2C)c1.Cl. The summed E-state index contributed by atoms with van der Waals surface area (Å²) in [5.74, 6) is -0.0782. The maximum absolute atomic E-state index is 12.4. The fourth-order valence-electron chi connectivity index (χ4n) is 2.45. The molecule has 0 aliphatic heterocycles. The molecule has 2 aromatic carbocycles. The summed E-state index contributed by atoms with van der Waals surface area (Å²) in [6.45, 7) is 8.83. The highest BCUT2D eigenvalue weighted by atomic mass is 35.5. The molecular weight excluding hydrogens is 308 g/mol. The number of aryl methyl sites for hydroxylation is 2. The van der Waals surface area contributed by atoms with E-state index in [1.807, 2.05) is 19.1 Å². The van der Waals surface area contributed by atoms with E-state index in [2.05, 4.69) is 50.4 Å². The van der Waals surface area contributed by atoms with Gasteiger partial charge in [-0.05, 0) is 37.1 Å². The largest absolute Gasteiger partial charge is 0.399 e. The van der Waals surface area contributed by atoms with Crippen LogP contribution < -0.4 is 11.1 Å². The Labute approximate surface area is 144 Å². The Morgan fingerprint density at radius 3 is 2.48 bits per heavy atom. The topological polar surface area (TPSA) is 55.1 Å². The van der Waals surface area contributed by atoms with Crippen LogP contribution in [-0.4, -0.2) is 12.5 Å². The van der Waals surface area contributed by atoms with Crippen molar-refractivity contribution >= 4 is 24.0 Å². The average Bonchev–Trinajstić information content (AvgIpc) is 2.47. The van der Waals surface area contributed by atoms with E-state index in [1.54, 1.807) is 6.07 Å². The van der Waals surface area contributed by atoms with Crippen LogP contribution >= 0.6 is 12.4 Å². The summed E-state index contributed by atoms with van der Waals surface area (Å²) in [5, 5.41) is 3.03. The van der Waals surface area contributed by atoms with Crippen LogP contribution in [0.2, 0.25) is 0 Å². The Hall–Kier alpha value is -2.00. The zero-order chi connectivity index (χ0) is 16.3. The van der Waals surface area contributed by atoms with E-state index in [1.165, 1.54) is 11.1 Å². The van der Waals surface area contributed by atoms with Crippen LogP contribution in [0.15, 0.2) is 42.5 Å². The summed E-state index contributed by atoms with van der Waals surface area (Å²) in [4.78, 5) is 12.4. The quantitative estimate of drug-likeness (QED) is 0.831. The third-order valence-electron chi connectivity index (χ3n) is 4.00. The monoisotopic (exact) mass is 332 g/mol. The first kappa shape index (κ1) is 19.0. The third-order valence-corrected chi connectivity index (χ3v) is 4.00. The van der Waals surface area contributed by atoms with Gasteiger partial charge in [0.05, 0.1) is 0 Å². The second-order valence-corrected chi connectivity index (χ2v) is 6.51. The van der Waals surface area contributed by atoms with Crippen LogP contribution in [0.25, 0.3) is 0 Å². The normalized spacial score (nSPS) is 10.8. The minimum Gasteiger partial charge on any atom is -0.399 e. The van der Waals surface area contributed by atoms with Crippen LogP contribution in [-0.2, 0) is 5.41 Å². The van der Waals surface area contributed by atoms with E-state index < -0.39 is 0 Å². The number of nitrogen functional groups attached to an aromatic ring is 1. The fraction of sp³-hybridized carbons (Fsp3) is 0.316. The molecule has 0 aliphatic carbocycles. The maximum atomic E-state index is 12.4. The number of anilines is 1. The van der Waals surface area contributed by atoms with Gasteiger partial charge in [-0.1, -0.05) is 49.7 Å². The first-order chi connectivity index (χ1) is 10.3. The molecule has 0 unspecified atom stereocenters. The Morgan fingerprint density at radius 2 is 1.83 bits per heavy atom. The third kappa shape index (κ3) is 4.73. The second-order valence-electron chi connectivity index (χ2n) is 6.51. The molecule has 1 amide bonds. The van der Waals surface area contributed by atoms with Gasteiger partial charge >= 0.3 is 0 Å². The molecule has 0 aliphatic rings. The molecule has 0 spiro atoms. The molecule has 2 aromatic rings. The van der Waals surface area contributed by atoms with Gasteiger partial charge in [0, 0.05) is 23.2 Å². The summed E-state index contributed by atoms with van der Waals surface area (Å²) in [5.41, 5.74) is 10.3. The first-order valence-corrected chi connectivity index (χ1v) is 7.51. The van der Waals surface area contributed by atoms with Gasteiger partial charge in [-0.3, -0.25) is 4.79 Å². The summed E-state index contributed by atoms with van der Waals surface area (Å²) < 4.78 is 0. The van der Waals surface area contributed by atoms with Crippen molar-refractivity contribution in [3.8, 4) is 0 Å². The zero-order valence-corrected chi connectivity index (χ0v) is 15.0. The number of nitrogens with one attached hydrogen (secondary N) is 1. The van der Waals surface area contributed by atoms with Crippen molar-refractivity contribution < 1.29 is 4.79 Å². The molecular formula is C19H25ClN2O. The standard InChI is InChI=1S/C19H24N2O.ClH/c1-13-6-5-7-15(10-13)19(3,4)12-21-18(22)17-11-16(20)9-8-14(17)2;/h5-11H,12,20H2,1-4H3,(H,21,22);1H. The number of nitrogens with two attached hydrogens (primary N) is 1. The first-order valence-electron chi connectivity index (χ1n) is 7.51. The Morgan fingerprint density at radius 1 is 1.13 bits per heavy atom. The second kappa shape index (κ2) is 7.51. The van der Waals surface area contributed by atoms with Crippen LogP contribution in [0.3, 0.4) is 0 Å². The number of rotatable bonds is 4. The van der Waals surface area contributed by atoms with Crippen molar-refractivity contribution in [3.05, 3.63) is 64.7 Å². The fourth-order valence-corrected chi connectivity index (χ4v) is 2.45. The molecule has 23 heavy (non-hydrogen) atoms. The summed E-state index contributed by atoms with van der Waals surface area (Å²) in [7, 11) is 0. The molecule has 0 saturated carbocycles. The van der Waals surface area contributed by atoms with Gasteiger partial charge in [-0.25, -0.2) is 0 Å². The molecule has 4 heteroatoms. The highest BCUT2D eigenvalue weighted by Crippen LogP contribution is 2.23. The summed E-state index contributed by atoms with van der Waals surface area (Å²) >= 11 is 0. The molecule has 0 aromatic heterocycles. The van der Waals surface area contributed by atoms with E-state index in [0.717, 1.165) is 5.56 Å². The van der Waals surface area contributed by atoms with Gasteiger partial charge in [0.25, 0.3) is 5.91 Å². The highest BCUT2D eigenvalue weighted by Gasteiger charge is 2.22. The number of amides is 1. The predicted molar refractivity (Wildman–Crippen MR) is 99.4 cm³/mol. The lowest BCUT2D eigenvalue weighted by molar-refractivity contribution is 0.0945. The molecule has 0 saturated heterocycles. The Bertz CT molecular complexity index is 696. The van der Waals surface area contributed by atoms with Crippen molar-refractivity contribution in [2.24, 2.45) is 0 Å². The molecule has 3 nitrogen and oxygen atoms in total. The molecule has 124 valence electrons. The van der Waals surface area contributed by atoms with E-state index in [9.17, 15) is 4.79 Å². The maximum Gasteiger partial charge on any atom is 0.251 e. The number of hydrogen-bond donors (Lipinski definition) is 2. The minimum atomic E-state index is -0.129. The Kier molecular flexibility index (Phi) is 6.22. The molecule has 0 atom stereocenters. The number of carbonyl (C=O) groups excluding carboxylic acids is 1. The molecule has 0 fully saturated rings. The van der Waals surface area contributed by atoms with E-state index in [-0.39, 0.29) is 23.7 Å². The van der Waals surface area contributed by atoms with Crippen molar-refractivity contribution in [1.29, 1.82) is 0 Å². The zero-order valence-electron chi connectivity index (χ0n) is 14.1. The van der Waals surface area contributed by atoms with Crippen LogP contribution in [0.4, 0.5) is 5.69 Å². The van der Waals surface area contributed by atoms with Crippen molar-refractivity contribution in [2.75, 3.05) is 12.3 Å². The van der Waals surface area contributed by atoms with Crippen LogP contribution in [0, 0.1) is 13.8 Å². The van der Waals surface area contributed by atoms with Gasteiger partial charge in [-0.15, -0.1) is 12.4 Å². The molecule has 3 N–H and O–H groups in total. The number of hydrogen-bond acceptors (Lipinski definition) is 2. The lowest BCUT2D eigenvalue weighted by atomic mass is 9.84. The molecule has 2 rings (SSSR count). The van der Waals surface area contributed by atoms with E-state index in [0.29, 0.717) is 17.8 Å². The van der Waals surface area contributed by atoms with Gasteiger partial charge in [0.15, 0.2) is 0 Å². The molecule has 0 radical (unpaired) electrons. The van der Waals surface area contributed by atoms with E-state index in [4.69, 9.17) is 5.73 Å². The van der Waals surface area contributed by atoms with Gasteiger partial charge in [-0.2, -0.15) is 0 Å². The van der Waals surface area contributed by atoms with Gasteiger partial charge in [0.2, 0.25) is 0 Å². The summed E-state index contributed by atoms with van der Waals surface area (Å²) in [6.07, 6.45) is 0. The van der Waals surface area contributed by atoms with Crippen molar-refractivity contribution in [1.82, 2.24) is 5.32 Å². The minimum absolute atomic E-state index is 0. The van der Waals surface area contributed by atoms with Gasteiger partial charge in [0.1, 0.15) is 0 Å². The van der Waals surface area contributed by atoms with E-state index >= 15 is 0 Å². The number of halogens is 1. The number of benzene rings is 2. The smallest absolute Gasteiger partial charge is 0.251 e. The molecule has 0 heterocycles. The van der Waals surface area contributed by atoms with Crippen LogP contribution in [0.1, 0.15) is 40.9 Å². The van der Waals surface area contributed by atoms with Crippen molar-refractivity contribution in [2.45, 2.75) is 33.1 Å². The van der Waals surface area contributed by atoms with Gasteiger partial charge < -0.3 is 11.1 Å². The predicted octanol–water partition coefficient (Wildman–Crippen LogP) is 4.02.